The molecule has 26 heavy (non-hydrogen) atoms. The molecule has 4 rings (SSSR count). The van der Waals surface area contributed by atoms with Crippen molar-refractivity contribution in [1.29, 1.82) is 0 Å². The smallest absolute Gasteiger partial charge is 0.317 e. The van der Waals surface area contributed by atoms with Crippen LogP contribution in [-0.4, -0.2) is 54.4 Å². The molecule has 1 saturated heterocycles. The predicted octanol–water partition coefficient (Wildman–Crippen LogP) is 1.89. The van der Waals surface area contributed by atoms with Crippen LogP contribution >= 0.6 is 0 Å². The van der Waals surface area contributed by atoms with Crippen molar-refractivity contribution in [3.63, 3.8) is 0 Å². The van der Waals surface area contributed by atoms with E-state index in [0.29, 0.717) is 18.5 Å². The summed E-state index contributed by atoms with van der Waals surface area (Å²) < 4.78 is 4.09. The van der Waals surface area contributed by atoms with E-state index < -0.39 is 0 Å². The van der Waals surface area contributed by atoms with E-state index in [1.807, 2.05) is 22.7 Å². The molecule has 0 unspecified atom stereocenters. The molecule has 2 amide bonds. The first-order valence-electron chi connectivity index (χ1n) is 9.60. The molecule has 0 aromatic carbocycles. The standard InChI is InChI=1S/C18H27N7O/c1-23-16(12-24-11-8-19-13-24)21-22-17(23)14-6-9-25(10-7-14)18(26)20-15-4-2-3-5-15/h8,11,13-15H,2-7,9-10,12H2,1H3,(H,20,26). The van der Waals surface area contributed by atoms with Crippen molar-refractivity contribution in [3.05, 3.63) is 30.4 Å². The van der Waals surface area contributed by atoms with Crippen LogP contribution in [0.25, 0.3) is 0 Å². The lowest BCUT2D eigenvalue weighted by Gasteiger charge is -2.32. The third kappa shape index (κ3) is 3.59. The number of urea groups is 1. The zero-order chi connectivity index (χ0) is 17.9. The zero-order valence-electron chi connectivity index (χ0n) is 15.3. The fourth-order valence-corrected chi connectivity index (χ4v) is 4.09. The number of carbonyl (C=O) groups excluding carboxylic acids is 1. The van der Waals surface area contributed by atoms with Gasteiger partial charge in [0.1, 0.15) is 5.82 Å². The van der Waals surface area contributed by atoms with E-state index in [1.165, 1.54) is 12.8 Å². The number of amides is 2. The average molecular weight is 357 g/mol. The summed E-state index contributed by atoms with van der Waals surface area (Å²) >= 11 is 0. The van der Waals surface area contributed by atoms with Gasteiger partial charge in [0, 0.05) is 44.5 Å². The van der Waals surface area contributed by atoms with Crippen molar-refractivity contribution >= 4 is 6.03 Å². The van der Waals surface area contributed by atoms with Crippen LogP contribution < -0.4 is 5.32 Å². The minimum atomic E-state index is 0.106. The average Bonchev–Trinajstić information content (AvgIpc) is 3.40. The first kappa shape index (κ1) is 17.1. The van der Waals surface area contributed by atoms with Gasteiger partial charge in [-0.3, -0.25) is 0 Å². The Morgan fingerprint density at radius 2 is 1.96 bits per heavy atom. The minimum Gasteiger partial charge on any atom is -0.335 e. The van der Waals surface area contributed by atoms with Crippen molar-refractivity contribution in [2.24, 2.45) is 7.05 Å². The summed E-state index contributed by atoms with van der Waals surface area (Å²) in [5.41, 5.74) is 0. The second-order valence-electron chi connectivity index (χ2n) is 7.46. The van der Waals surface area contributed by atoms with Crippen molar-refractivity contribution in [1.82, 2.24) is 34.5 Å². The molecule has 0 radical (unpaired) electrons. The highest BCUT2D eigenvalue weighted by atomic mass is 16.2. The number of piperidine rings is 1. The van der Waals surface area contributed by atoms with Crippen molar-refractivity contribution in [3.8, 4) is 0 Å². The quantitative estimate of drug-likeness (QED) is 0.906. The Bertz CT molecular complexity index is 725. The number of carbonyl (C=O) groups is 1. The Morgan fingerprint density at radius 3 is 2.65 bits per heavy atom. The summed E-state index contributed by atoms with van der Waals surface area (Å²) in [5.74, 6) is 2.31. The minimum absolute atomic E-state index is 0.106. The summed E-state index contributed by atoms with van der Waals surface area (Å²) in [7, 11) is 2.03. The third-order valence-electron chi connectivity index (χ3n) is 5.71. The SMILES string of the molecule is Cn1c(Cn2ccnc2)nnc1C1CCN(C(=O)NC2CCCC2)CC1. The normalized spacial score (nSPS) is 19.2. The van der Waals surface area contributed by atoms with Crippen LogP contribution in [0.5, 0.6) is 0 Å². The summed E-state index contributed by atoms with van der Waals surface area (Å²) in [5, 5.41) is 12.0. The Balaban J connectivity index is 1.33. The third-order valence-corrected chi connectivity index (χ3v) is 5.71. The highest BCUT2D eigenvalue weighted by Gasteiger charge is 2.28. The highest BCUT2D eigenvalue weighted by molar-refractivity contribution is 5.74. The van der Waals surface area contributed by atoms with Crippen LogP contribution in [0.3, 0.4) is 0 Å². The monoisotopic (exact) mass is 357 g/mol. The molecule has 1 aliphatic heterocycles. The van der Waals surface area contributed by atoms with E-state index in [4.69, 9.17) is 0 Å². The number of nitrogens with one attached hydrogen (secondary N) is 1. The van der Waals surface area contributed by atoms with E-state index in [1.54, 1.807) is 12.5 Å². The maximum Gasteiger partial charge on any atom is 0.317 e. The maximum absolute atomic E-state index is 12.4. The Kier molecular flexibility index (Phi) is 4.90. The molecule has 8 heteroatoms. The molecule has 2 aromatic rings. The van der Waals surface area contributed by atoms with Gasteiger partial charge in [-0.25, -0.2) is 9.78 Å². The van der Waals surface area contributed by atoms with Gasteiger partial charge in [0.25, 0.3) is 0 Å². The molecule has 0 spiro atoms. The topological polar surface area (TPSA) is 80.9 Å². The van der Waals surface area contributed by atoms with Crippen LogP contribution in [0.2, 0.25) is 0 Å². The van der Waals surface area contributed by atoms with E-state index >= 15 is 0 Å². The van der Waals surface area contributed by atoms with E-state index in [-0.39, 0.29) is 6.03 Å². The van der Waals surface area contributed by atoms with E-state index in [9.17, 15) is 4.79 Å². The fraction of sp³-hybridized carbons (Fsp3) is 0.667. The van der Waals surface area contributed by atoms with Crippen LogP contribution in [0.1, 0.15) is 56.1 Å². The molecule has 2 aromatic heterocycles. The number of aromatic nitrogens is 5. The van der Waals surface area contributed by atoms with Crippen molar-refractivity contribution in [2.75, 3.05) is 13.1 Å². The zero-order valence-corrected chi connectivity index (χ0v) is 15.3. The predicted molar refractivity (Wildman–Crippen MR) is 96.7 cm³/mol. The Labute approximate surface area is 153 Å². The van der Waals surface area contributed by atoms with E-state index in [2.05, 4.69) is 25.1 Å². The Morgan fingerprint density at radius 1 is 1.19 bits per heavy atom. The van der Waals surface area contributed by atoms with Gasteiger partial charge in [0.15, 0.2) is 5.82 Å². The number of imidazole rings is 1. The molecule has 2 fully saturated rings. The lowest BCUT2D eigenvalue weighted by Crippen LogP contribution is -2.47. The summed E-state index contributed by atoms with van der Waals surface area (Å²) in [6.45, 7) is 2.24. The maximum atomic E-state index is 12.4. The van der Waals surface area contributed by atoms with E-state index in [0.717, 1.165) is 50.4 Å². The first-order chi connectivity index (χ1) is 12.7. The molecule has 2 aliphatic rings. The number of nitrogens with zero attached hydrogens (tertiary/aromatic N) is 6. The summed E-state index contributed by atoms with van der Waals surface area (Å²) in [6.07, 6.45) is 12.1. The molecule has 1 saturated carbocycles. The van der Waals surface area contributed by atoms with Crippen LogP contribution in [-0.2, 0) is 13.6 Å². The highest BCUT2D eigenvalue weighted by Crippen LogP contribution is 2.27. The second kappa shape index (κ2) is 7.47. The van der Waals surface area contributed by atoms with Gasteiger partial charge in [0.2, 0.25) is 0 Å². The Hall–Kier alpha value is -2.38. The molecule has 1 N–H and O–H groups in total. The molecule has 0 bridgehead atoms. The lowest BCUT2D eigenvalue weighted by molar-refractivity contribution is 0.176. The van der Waals surface area contributed by atoms with Crippen LogP contribution in [0.15, 0.2) is 18.7 Å². The van der Waals surface area contributed by atoms with Gasteiger partial charge in [0.05, 0.1) is 12.9 Å². The van der Waals surface area contributed by atoms with Crippen molar-refractivity contribution in [2.45, 2.75) is 57.0 Å². The lowest BCUT2D eigenvalue weighted by atomic mass is 9.96. The molecule has 1 aliphatic carbocycles. The van der Waals surface area contributed by atoms with Crippen molar-refractivity contribution < 1.29 is 4.79 Å². The van der Waals surface area contributed by atoms with Gasteiger partial charge < -0.3 is 19.4 Å². The van der Waals surface area contributed by atoms with Gasteiger partial charge in [-0.2, -0.15) is 0 Å². The first-order valence-corrected chi connectivity index (χ1v) is 9.60. The molecular weight excluding hydrogens is 330 g/mol. The number of likely N-dealkylation sites (tertiary alicyclic amines) is 1. The largest absolute Gasteiger partial charge is 0.335 e. The number of hydrogen-bond donors (Lipinski definition) is 1. The number of rotatable bonds is 4. The van der Waals surface area contributed by atoms with Gasteiger partial charge in [-0.15, -0.1) is 10.2 Å². The second-order valence-corrected chi connectivity index (χ2v) is 7.46. The number of hydrogen-bond acceptors (Lipinski definition) is 4. The van der Waals surface area contributed by atoms with Gasteiger partial charge >= 0.3 is 6.03 Å². The van der Waals surface area contributed by atoms with Crippen LogP contribution in [0, 0.1) is 0 Å². The molecule has 0 atom stereocenters. The molecular formula is C18H27N7O. The molecule has 8 nitrogen and oxygen atoms in total. The fourth-order valence-electron chi connectivity index (χ4n) is 4.09. The molecule has 140 valence electrons. The van der Waals surface area contributed by atoms with Gasteiger partial charge in [-0.1, -0.05) is 12.8 Å². The van der Waals surface area contributed by atoms with Crippen LogP contribution in [0.4, 0.5) is 4.79 Å². The summed E-state index contributed by atoms with van der Waals surface area (Å²) in [4.78, 5) is 18.4. The van der Waals surface area contributed by atoms with Gasteiger partial charge in [-0.05, 0) is 25.7 Å². The molecule has 3 heterocycles. The summed E-state index contributed by atoms with van der Waals surface area (Å²) in [6, 6.07) is 0.485.